The van der Waals surface area contributed by atoms with Crippen LogP contribution in [0, 0.1) is 18.3 Å². The highest BCUT2D eigenvalue weighted by Gasteiger charge is 2.09. The summed E-state index contributed by atoms with van der Waals surface area (Å²) in [5.74, 6) is 0. The van der Waals surface area contributed by atoms with Crippen molar-refractivity contribution in [2.45, 2.75) is 6.92 Å². The van der Waals surface area contributed by atoms with Crippen LogP contribution in [0.2, 0.25) is 5.02 Å². The van der Waals surface area contributed by atoms with Crippen LogP contribution in [0.5, 0.6) is 0 Å². The Hall–Kier alpha value is -2.05. The van der Waals surface area contributed by atoms with E-state index in [0.29, 0.717) is 10.6 Å². The Balaban J connectivity index is 2.71. The van der Waals surface area contributed by atoms with Crippen molar-refractivity contribution in [2.24, 2.45) is 0 Å². The fourth-order valence-corrected chi connectivity index (χ4v) is 1.78. The molecular formula is C13H9ClN2O. The van der Waals surface area contributed by atoms with Crippen LogP contribution in [0.4, 0.5) is 0 Å². The molecule has 0 spiro atoms. The van der Waals surface area contributed by atoms with Gasteiger partial charge in [0, 0.05) is 16.3 Å². The van der Waals surface area contributed by atoms with Gasteiger partial charge in [-0.1, -0.05) is 23.7 Å². The fourth-order valence-electron chi connectivity index (χ4n) is 1.66. The topological polar surface area (TPSA) is 56.6 Å². The molecule has 0 radical (unpaired) electrons. The number of benzene rings is 1. The minimum atomic E-state index is -0.363. The summed E-state index contributed by atoms with van der Waals surface area (Å²) >= 11 is 5.80. The van der Waals surface area contributed by atoms with Crippen LogP contribution < -0.4 is 5.56 Å². The van der Waals surface area contributed by atoms with E-state index in [1.807, 2.05) is 6.07 Å². The van der Waals surface area contributed by atoms with Gasteiger partial charge in [-0.25, -0.2) is 0 Å². The number of H-pyrrole nitrogens is 1. The summed E-state index contributed by atoms with van der Waals surface area (Å²) in [5.41, 5.74) is 1.92. The van der Waals surface area contributed by atoms with Crippen molar-refractivity contribution in [2.75, 3.05) is 0 Å². The SMILES string of the molecule is Cc1cc(-c2ccc(Cl)cc2)c(C#N)c(=O)[nH]1. The van der Waals surface area contributed by atoms with Crippen LogP contribution in [0.1, 0.15) is 11.3 Å². The van der Waals surface area contributed by atoms with E-state index < -0.39 is 0 Å². The molecule has 0 aliphatic heterocycles. The van der Waals surface area contributed by atoms with Crippen molar-refractivity contribution in [1.29, 1.82) is 5.26 Å². The van der Waals surface area contributed by atoms with Gasteiger partial charge in [0.05, 0.1) is 0 Å². The van der Waals surface area contributed by atoms with Crippen molar-refractivity contribution in [1.82, 2.24) is 4.98 Å². The van der Waals surface area contributed by atoms with Gasteiger partial charge in [0.25, 0.3) is 5.56 Å². The smallest absolute Gasteiger partial charge is 0.266 e. The summed E-state index contributed by atoms with van der Waals surface area (Å²) in [5, 5.41) is 9.63. The normalized spacial score (nSPS) is 9.94. The third-order valence-electron chi connectivity index (χ3n) is 2.43. The van der Waals surface area contributed by atoms with Crippen molar-refractivity contribution >= 4 is 11.6 Å². The maximum atomic E-state index is 11.6. The van der Waals surface area contributed by atoms with Crippen LogP contribution >= 0.6 is 11.6 Å². The number of halogens is 1. The molecule has 0 aliphatic rings. The molecule has 1 N–H and O–H groups in total. The fraction of sp³-hybridized carbons (Fsp3) is 0.0769. The number of pyridine rings is 1. The maximum absolute atomic E-state index is 11.6. The molecule has 1 heterocycles. The molecule has 2 aromatic rings. The van der Waals surface area contributed by atoms with E-state index in [0.717, 1.165) is 11.3 Å². The monoisotopic (exact) mass is 244 g/mol. The Morgan fingerprint density at radius 2 is 1.94 bits per heavy atom. The maximum Gasteiger partial charge on any atom is 0.266 e. The zero-order valence-electron chi connectivity index (χ0n) is 9.12. The molecular weight excluding hydrogens is 236 g/mol. The van der Waals surface area contributed by atoms with Gasteiger partial charge in [-0.2, -0.15) is 5.26 Å². The highest BCUT2D eigenvalue weighted by atomic mass is 35.5. The largest absolute Gasteiger partial charge is 0.325 e. The zero-order valence-corrected chi connectivity index (χ0v) is 9.88. The second-order valence-corrected chi connectivity index (χ2v) is 4.13. The number of aryl methyl sites for hydroxylation is 1. The average Bonchev–Trinajstić information content (AvgIpc) is 2.29. The first-order chi connectivity index (χ1) is 8.11. The third-order valence-corrected chi connectivity index (χ3v) is 2.69. The molecule has 4 heteroatoms. The van der Waals surface area contributed by atoms with E-state index in [-0.39, 0.29) is 11.1 Å². The van der Waals surface area contributed by atoms with Crippen LogP contribution in [-0.2, 0) is 0 Å². The van der Waals surface area contributed by atoms with Crippen LogP contribution in [0.25, 0.3) is 11.1 Å². The van der Waals surface area contributed by atoms with Gasteiger partial charge in [0.15, 0.2) is 0 Å². The Labute approximate surface area is 103 Å². The lowest BCUT2D eigenvalue weighted by molar-refractivity contribution is 1.13. The Kier molecular flexibility index (Phi) is 2.99. The molecule has 2 rings (SSSR count). The second-order valence-electron chi connectivity index (χ2n) is 3.69. The molecule has 1 aromatic heterocycles. The second kappa shape index (κ2) is 4.44. The Morgan fingerprint density at radius 3 is 2.53 bits per heavy atom. The summed E-state index contributed by atoms with van der Waals surface area (Å²) in [6.07, 6.45) is 0. The molecule has 1 aromatic carbocycles. The first kappa shape index (κ1) is 11.4. The first-order valence-electron chi connectivity index (χ1n) is 5.02. The van der Waals surface area contributed by atoms with E-state index >= 15 is 0 Å². The predicted octanol–water partition coefficient (Wildman–Crippen LogP) is 2.88. The molecule has 17 heavy (non-hydrogen) atoms. The molecule has 0 saturated heterocycles. The molecule has 0 saturated carbocycles. The van der Waals surface area contributed by atoms with Gasteiger partial charge in [-0.3, -0.25) is 4.79 Å². The number of nitrogens with zero attached hydrogens (tertiary/aromatic N) is 1. The highest BCUT2D eigenvalue weighted by Crippen LogP contribution is 2.23. The summed E-state index contributed by atoms with van der Waals surface area (Å²) in [6.45, 7) is 1.78. The van der Waals surface area contributed by atoms with Gasteiger partial charge in [0.2, 0.25) is 0 Å². The van der Waals surface area contributed by atoms with Gasteiger partial charge < -0.3 is 4.98 Å². The van der Waals surface area contributed by atoms with E-state index in [2.05, 4.69) is 4.98 Å². The van der Waals surface area contributed by atoms with Gasteiger partial charge in [-0.05, 0) is 30.7 Å². The van der Waals surface area contributed by atoms with E-state index in [1.165, 1.54) is 0 Å². The lowest BCUT2D eigenvalue weighted by Crippen LogP contribution is -2.12. The molecule has 84 valence electrons. The molecule has 0 bridgehead atoms. The number of hydrogen-bond acceptors (Lipinski definition) is 2. The Bertz CT molecular complexity index is 651. The van der Waals surface area contributed by atoms with E-state index in [4.69, 9.17) is 16.9 Å². The lowest BCUT2D eigenvalue weighted by Gasteiger charge is -2.05. The zero-order chi connectivity index (χ0) is 12.4. The summed E-state index contributed by atoms with van der Waals surface area (Å²) < 4.78 is 0. The number of aromatic nitrogens is 1. The molecule has 0 aliphatic carbocycles. The minimum Gasteiger partial charge on any atom is -0.325 e. The number of hydrogen-bond donors (Lipinski definition) is 1. The standard InChI is InChI=1S/C13H9ClN2O/c1-8-6-11(12(7-15)13(17)16-8)9-2-4-10(14)5-3-9/h2-6H,1H3,(H,16,17). The highest BCUT2D eigenvalue weighted by molar-refractivity contribution is 6.30. The van der Waals surface area contributed by atoms with Gasteiger partial charge in [0.1, 0.15) is 11.6 Å². The number of nitrogens with one attached hydrogen (secondary N) is 1. The summed E-state index contributed by atoms with van der Waals surface area (Å²) in [4.78, 5) is 14.2. The van der Waals surface area contributed by atoms with Crippen LogP contribution in [0.15, 0.2) is 35.1 Å². The van der Waals surface area contributed by atoms with Crippen LogP contribution in [0.3, 0.4) is 0 Å². The van der Waals surface area contributed by atoms with Crippen molar-refractivity contribution in [3.8, 4) is 17.2 Å². The average molecular weight is 245 g/mol. The molecule has 0 amide bonds. The van der Waals surface area contributed by atoms with Crippen molar-refractivity contribution in [3.63, 3.8) is 0 Å². The number of aromatic amines is 1. The third kappa shape index (κ3) is 2.22. The van der Waals surface area contributed by atoms with Crippen LogP contribution in [-0.4, -0.2) is 4.98 Å². The molecule has 0 fully saturated rings. The number of rotatable bonds is 1. The minimum absolute atomic E-state index is 0.123. The van der Waals surface area contributed by atoms with Crippen molar-refractivity contribution < 1.29 is 0 Å². The van der Waals surface area contributed by atoms with E-state index in [9.17, 15) is 4.79 Å². The summed E-state index contributed by atoms with van der Waals surface area (Å²) in [6, 6.07) is 10.7. The number of nitriles is 1. The van der Waals surface area contributed by atoms with Gasteiger partial charge >= 0.3 is 0 Å². The first-order valence-corrected chi connectivity index (χ1v) is 5.39. The molecule has 0 atom stereocenters. The molecule has 3 nitrogen and oxygen atoms in total. The quantitative estimate of drug-likeness (QED) is 0.839. The Morgan fingerprint density at radius 1 is 1.29 bits per heavy atom. The molecule has 0 unspecified atom stereocenters. The lowest BCUT2D eigenvalue weighted by atomic mass is 10.0. The predicted molar refractivity (Wildman–Crippen MR) is 67.0 cm³/mol. The summed E-state index contributed by atoms with van der Waals surface area (Å²) in [7, 11) is 0. The van der Waals surface area contributed by atoms with Crippen molar-refractivity contribution in [3.05, 3.63) is 57.0 Å². The van der Waals surface area contributed by atoms with E-state index in [1.54, 1.807) is 37.3 Å². The van der Waals surface area contributed by atoms with Gasteiger partial charge in [-0.15, -0.1) is 0 Å².